The highest BCUT2D eigenvalue weighted by Crippen LogP contribution is 2.30. The number of ether oxygens (including phenoxy) is 2. The predicted molar refractivity (Wildman–Crippen MR) is 173 cm³/mol. The highest BCUT2D eigenvalue weighted by atomic mass is 16.6. The van der Waals surface area contributed by atoms with Crippen molar-refractivity contribution in [3.8, 4) is 11.5 Å². The Labute approximate surface area is 258 Å². The lowest BCUT2D eigenvalue weighted by Crippen LogP contribution is -2.42. The second kappa shape index (κ2) is 13.0. The summed E-state index contributed by atoms with van der Waals surface area (Å²) in [6, 6.07) is 17.6. The van der Waals surface area contributed by atoms with Crippen LogP contribution in [0.15, 0.2) is 60.8 Å². The Kier molecular flexibility index (Phi) is 9.08. The maximum absolute atomic E-state index is 12.8. The summed E-state index contributed by atoms with van der Waals surface area (Å²) in [6.07, 6.45) is 3.18. The Morgan fingerprint density at radius 3 is 2.50 bits per heavy atom. The summed E-state index contributed by atoms with van der Waals surface area (Å²) in [5.74, 6) is 2.87. The van der Waals surface area contributed by atoms with Gasteiger partial charge in [-0.1, -0.05) is 26.0 Å². The Bertz CT molecular complexity index is 1630. The van der Waals surface area contributed by atoms with Crippen LogP contribution in [-0.4, -0.2) is 50.1 Å². The predicted octanol–water partition coefficient (Wildman–Crippen LogP) is 7.60. The first-order valence-corrected chi connectivity index (χ1v) is 15.2. The van der Waals surface area contributed by atoms with Crippen LogP contribution in [0.4, 0.5) is 22.2 Å². The molecule has 0 saturated carbocycles. The van der Waals surface area contributed by atoms with Gasteiger partial charge >= 0.3 is 6.09 Å². The second-order valence-electron chi connectivity index (χ2n) is 12.7. The lowest BCUT2D eigenvalue weighted by molar-refractivity contribution is -0.117. The molecule has 0 aliphatic carbocycles. The van der Waals surface area contributed by atoms with E-state index < -0.39 is 5.60 Å². The molecule has 10 heteroatoms. The minimum Gasteiger partial charge on any atom is -0.457 e. The molecule has 5 rings (SSSR count). The van der Waals surface area contributed by atoms with Crippen LogP contribution in [-0.2, 0) is 16.6 Å². The quantitative estimate of drug-likeness (QED) is 0.215. The van der Waals surface area contributed by atoms with Crippen LogP contribution < -0.4 is 15.4 Å². The molecule has 4 aromatic rings. The van der Waals surface area contributed by atoms with Crippen molar-refractivity contribution in [2.24, 2.45) is 13.0 Å². The molecule has 0 bridgehead atoms. The number of imidazole rings is 1. The van der Waals surface area contributed by atoms with Crippen LogP contribution in [0, 0.1) is 5.92 Å². The number of aryl methyl sites for hydroxylation is 1. The number of nitrogens with one attached hydrogen (secondary N) is 2. The van der Waals surface area contributed by atoms with E-state index in [4.69, 9.17) is 14.5 Å². The highest BCUT2D eigenvalue weighted by Gasteiger charge is 2.28. The third-order valence-corrected chi connectivity index (χ3v) is 7.64. The second-order valence-corrected chi connectivity index (χ2v) is 12.7. The fourth-order valence-corrected chi connectivity index (χ4v) is 5.24. The molecule has 2 amide bonds. The van der Waals surface area contributed by atoms with Gasteiger partial charge in [0.2, 0.25) is 11.9 Å². The van der Waals surface area contributed by atoms with Gasteiger partial charge in [0.25, 0.3) is 0 Å². The van der Waals surface area contributed by atoms with E-state index in [1.165, 1.54) is 5.56 Å². The highest BCUT2D eigenvalue weighted by molar-refractivity contribution is 5.90. The maximum Gasteiger partial charge on any atom is 0.410 e. The number of benzene rings is 2. The van der Waals surface area contributed by atoms with Gasteiger partial charge in [-0.3, -0.25) is 4.79 Å². The Hall–Kier alpha value is -4.60. The van der Waals surface area contributed by atoms with E-state index in [1.807, 2.05) is 56.7 Å². The van der Waals surface area contributed by atoms with Gasteiger partial charge in [0.05, 0.1) is 11.0 Å². The molecule has 2 aromatic heterocycles. The van der Waals surface area contributed by atoms with Crippen molar-refractivity contribution in [2.45, 2.75) is 65.4 Å². The van der Waals surface area contributed by atoms with Crippen LogP contribution in [0.2, 0.25) is 0 Å². The standard InChI is InChI=1S/C34H42N6O4/c1-22(2)24-8-7-9-25(19-24)36-32-37-28-20-26(10-11-29(28)39(32)6)43-27-12-15-35-30(21-27)38-31(41)18-23-13-16-40(17-14-23)33(42)44-34(3,4)5/h7-12,15,19-23H,13-14,16-18H2,1-6H3,(H,36,37)(H,35,38,41). The molecule has 232 valence electrons. The summed E-state index contributed by atoms with van der Waals surface area (Å²) in [4.78, 5) is 35.9. The van der Waals surface area contributed by atoms with Gasteiger partial charge in [-0.15, -0.1) is 0 Å². The SMILES string of the molecule is CC(C)c1cccc(Nc2nc3cc(Oc4ccnc(NC(=O)CC5CCN(C(=O)OC(C)(C)C)CC5)c4)ccc3n2C)c1. The minimum atomic E-state index is -0.522. The largest absolute Gasteiger partial charge is 0.457 e. The molecule has 1 aliphatic rings. The van der Waals surface area contributed by atoms with Crippen molar-refractivity contribution in [2.75, 3.05) is 23.7 Å². The van der Waals surface area contributed by atoms with Gasteiger partial charge in [-0.25, -0.2) is 14.8 Å². The summed E-state index contributed by atoms with van der Waals surface area (Å²) >= 11 is 0. The van der Waals surface area contributed by atoms with Crippen molar-refractivity contribution in [3.05, 3.63) is 66.4 Å². The first kappa shape index (κ1) is 30.8. The molecule has 1 aliphatic heterocycles. The molecular formula is C34H42N6O4. The van der Waals surface area contributed by atoms with Crippen LogP contribution in [0.3, 0.4) is 0 Å². The van der Waals surface area contributed by atoms with E-state index in [1.54, 1.807) is 23.2 Å². The molecule has 1 saturated heterocycles. The van der Waals surface area contributed by atoms with Crippen molar-refractivity contribution < 1.29 is 19.1 Å². The van der Waals surface area contributed by atoms with Crippen molar-refractivity contribution in [1.29, 1.82) is 0 Å². The number of likely N-dealkylation sites (tertiary alicyclic amines) is 1. The first-order chi connectivity index (χ1) is 20.9. The molecule has 0 spiro atoms. The topological polar surface area (TPSA) is 111 Å². The van der Waals surface area contributed by atoms with Crippen LogP contribution in [0.1, 0.15) is 65.4 Å². The zero-order chi connectivity index (χ0) is 31.4. The summed E-state index contributed by atoms with van der Waals surface area (Å²) < 4.78 is 13.6. The number of carbonyl (C=O) groups excluding carboxylic acids is 2. The monoisotopic (exact) mass is 598 g/mol. The molecule has 1 fully saturated rings. The summed E-state index contributed by atoms with van der Waals surface area (Å²) in [6.45, 7) is 11.1. The third-order valence-electron chi connectivity index (χ3n) is 7.64. The fraction of sp³-hybridized carbons (Fsp3) is 0.412. The zero-order valence-corrected chi connectivity index (χ0v) is 26.4. The number of pyridine rings is 1. The van der Waals surface area contributed by atoms with Gasteiger partial charge in [0.1, 0.15) is 22.9 Å². The third kappa shape index (κ3) is 7.86. The number of carbonyl (C=O) groups is 2. The average Bonchev–Trinajstić information content (AvgIpc) is 3.26. The minimum absolute atomic E-state index is 0.112. The van der Waals surface area contributed by atoms with Crippen LogP contribution in [0.25, 0.3) is 11.0 Å². The van der Waals surface area contributed by atoms with Crippen LogP contribution >= 0.6 is 0 Å². The van der Waals surface area contributed by atoms with Crippen LogP contribution in [0.5, 0.6) is 11.5 Å². The molecular weight excluding hydrogens is 556 g/mol. The first-order valence-electron chi connectivity index (χ1n) is 15.2. The molecule has 0 radical (unpaired) electrons. The van der Waals surface area contributed by atoms with E-state index in [0.29, 0.717) is 42.7 Å². The zero-order valence-electron chi connectivity index (χ0n) is 26.4. The van der Waals surface area contributed by atoms with E-state index in [9.17, 15) is 9.59 Å². The lowest BCUT2D eigenvalue weighted by atomic mass is 9.93. The number of rotatable bonds is 8. The number of aromatic nitrogens is 3. The van der Waals surface area contributed by atoms with Gasteiger partial charge in [-0.2, -0.15) is 0 Å². The molecule has 10 nitrogen and oxygen atoms in total. The number of amides is 2. The average molecular weight is 599 g/mol. The molecule has 0 unspecified atom stereocenters. The Morgan fingerprint density at radius 2 is 1.77 bits per heavy atom. The summed E-state index contributed by atoms with van der Waals surface area (Å²) in [7, 11) is 1.98. The molecule has 0 atom stereocenters. The normalized spacial score (nSPS) is 14.1. The Balaban J connectivity index is 1.17. The van der Waals surface area contributed by atoms with Crippen molar-refractivity contribution in [1.82, 2.24) is 19.4 Å². The van der Waals surface area contributed by atoms with Crippen molar-refractivity contribution >= 4 is 40.5 Å². The van der Waals surface area contributed by atoms with Gasteiger partial charge in [-0.05, 0) is 81.3 Å². The Morgan fingerprint density at radius 1 is 1.02 bits per heavy atom. The smallest absolute Gasteiger partial charge is 0.410 e. The molecule has 2 N–H and O–H groups in total. The van der Waals surface area contributed by atoms with E-state index in [2.05, 4.69) is 47.7 Å². The number of anilines is 3. The van der Waals surface area contributed by atoms with Gasteiger partial charge in [0.15, 0.2) is 0 Å². The summed E-state index contributed by atoms with van der Waals surface area (Å²) in [5.41, 5.74) is 3.50. The number of piperidine rings is 1. The van der Waals surface area contributed by atoms with Gasteiger partial charge < -0.3 is 29.6 Å². The summed E-state index contributed by atoms with van der Waals surface area (Å²) in [5, 5.41) is 6.33. The van der Waals surface area contributed by atoms with Crippen molar-refractivity contribution in [3.63, 3.8) is 0 Å². The molecule has 44 heavy (non-hydrogen) atoms. The van der Waals surface area contributed by atoms with E-state index in [-0.39, 0.29) is 17.9 Å². The van der Waals surface area contributed by atoms with Gasteiger partial charge in [0, 0.05) is 50.6 Å². The fourth-order valence-electron chi connectivity index (χ4n) is 5.24. The molecule has 3 heterocycles. The number of hydrogen-bond donors (Lipinski definition) is 2. The van der Waals surface area contributed by atoms with E-state index in [0.717, 1.165) is 35.5 Å². The number of fused-ring (bicyclic) bond motifs is 1. The lowest BCUT2D eigenvalue weighted by Gasteiger charge is -2.33. The van der Waals surface area contributed by atoms with E-state index >= 15 is 0 Å². The molecule has 2 aromatic carbocycles. The maximum atomic E-state index is 12.8. The number of nitrogens with zero attached hydrogens (tertiary/aromatic N) is 4. The number of hydrogen-bond acceptors (Lipinski definition) is 7.